The van der Waals surface area contributed by atoms with Crippen LogP contribution < -0.4 is 25.3 Å². The Kier molecular flexibility index (Phi) is 11.7. The maximum Gasteiger partial charge on any atom is 0.341 e. The smallest absolute Gasteiger partial charge is 0.341 e. The minimum atomic E-state index is -1.79. The van der Waals surface area contributed by atoms with E-state index in [1.807, 2.05) is 0 Å². The van der Waals surface area contributed by atoms with Gasteiger partial charge in [-0.3, -0.25) is 9.59 Å². The predicted octanol–water partition coefficient (Wildman–Crippen LogP) is 2.68. The first kappa shape index (κ1) is 42.6. The lowest BCUT2D eigenvalue weighted by Gasteiger charge is -2.51. The summed E-state index contributed by atoms with van der Waals surface area (Å²) >= 11 is 6.70. The summed E-state index contributed by atoms with van der Waals surface area (Å²) in [5, 5.41) is 36.7. The monoisotopic (exact) mass is 845 g/mol. The zero-order chi connectivity index (χ0) is 43.3. The number of likely N-dealkylation sites (N-methyl/N-ethyl adjacent to an activating group) is 1. The summed E-state index contributed by atoms with van der Waals surface area (Å²) in [6, 6.07) is 3.94. The van der Waals surface area contributed by atoms with Crippen molar-refractivity contribution in [3.05, 3.63) is 75.9 Å². The molecular formula is C43H44ClN3O13. The van der Waals surface area contributed by atoms with Crippen LogP contribution in [-0.2, 0) is 28.5 Å². The number of methoxy groups -OCH3 is 1. The van der Waals surface area contributed by atoms with E-state index in [2.05, 4.69) is 29.0 Å². The third-order valence-electron chi connectivity index (χ3n) is 10.7. The van der Waals surface area contributed by atoms with Crippen molar-refractivity contribution in [3.8, 4) is 46.7 Å². The number of nitrogens with zero attached hydrogens (tertiary/aromatic N) is 1. The molecule has 1 saturated heterocycles. The van der Waals surface area contributed by atoms with Gasteiger partial charge in [0, 0.05) is 23.8 Å². The van der Waals surface area contributed by atoms with Gasteiger partial charge in [0.1, 0.15) is 30.3 Å². The zero-order valence-electron chi connectivity index (χ0n) is 33.5. The molecule has 2 aromatic rings. The largest absolute Gasteiger partial charge is 0.504 e. The second-order valence-electron chi connectivity index (χ2n) is 15.5. The number of nitrogens with two attached hydrogens (primary N) is 1. The van der Waals surface area contributed by atoms with Crippen LogP contribution in [0.1, 0.15) is 49.2 Å². The molecule has 2 aromatic carbocycles. The average Bonchev–Trinajstić information content (AvgIpc) is 3.60. The molecule has 6 aliphatic rings. The topological polar surface area (TPSA) is 218 Å². The molecule has 2 aliphatic carbocycles. The quantitative estimate of drug-likeness (QED) is 0.209. The zero-order valence-corrected chi connectivity index (χ0v) is 34.2. The molecule has 8 rings (SSSR count). The summed E-state index contributed by atoms with van der Waals surface area (Å²) < 4.78 is 42.2. The molecule has 0 radical (unpaired) electrons. The second-order valence-corrected chi connectivity index (χ2v) is 15.9. The van der Waals surface area contributed by atoms with Gasteiger partial charge in [-0.2, -0.15) is 0 Å². The van der Waals surface area contributed by atoms with Gasteiger partial charge in [0.15, 0.2) is 41.7 Å². The maximum atomic E-state index is 14.1. The van der Waals surface area contributed by atoms with Gasteiger partial charge in [-0.15, -0.1) is 0 Å². The number of amides is 1. The molecule has 9 atom stereocenters. The first-order valence-corrected chi connectivity index (χ1v) is 19.3. The molecule has 0 aromatic heterocycles. The fraction of sp³-hybridized carbons (Fsp3) is 0.419. The van der Waals surface area contributed by atoms with Gasteiger partial charge in [0.2, 0.25) is 0 Å². The molecule has 0 unspecified atom stereocenters. The van der Waals surface area contributed by atoms with E-state index in [1.54, 1.807) is 58.0 Å². The predicted molar refractivity (Wildman–Crippen MR) is 214 cm³/mol. The lowest BCUT2D eigenvalue weighted by Crippen LogP contribution is -2.68. The summed E-state index contributed by atoms with van der Waals surface area (Å²) in [5.41, 5.74) is 4.01. The third-order valence-corrected chi connectivity index (χ3v) is 11.0. The highest BCUT2D eigenvalue weighted by molar-refractivity contribution is 6.32. The van der Waals surface area contributed by atoms with Crippen LogP contribution >= 0.6 is 11.6 Å². The molecular weight excluding hydrogens is 802 g/mol. The number of allylic oxidation sites excluding steroid dienone is 3. The number of phenolic OH excluding ortho intramolecular Hbond substituents is 1. The Labute approximate surface area is 350 Å². The van der Waals surface area contributed by atoms with E-state index >= 15 is 0 Å². The number of aliphatic hydroxyl groups excluding tert-OH is 2. The molecule has 316 valence electrons. The van der Waals surface area contributed by atoms with Gasteiger partial charge in [-0.25, -0.2) is 4.79 Å². The van der Waals surface area contributed by atoms with Crippen LogP contribution in [0.3, 0.4) is 0 Å². The van der Waals surface area contributed by atoms with Gasteiger partial charge >= 0.3 is 11.9 Å². The van der Waals surface area contributed by atoms with Gasteiger partial charge < -0.3 is 64.4 Å². The number of phenols is 1. The molecule has 1 amide bonds. The number of aliphatic hydroxyl groups is 2. The van der Waals surface area contributed by atoms with E-state index in [0.717, 1.165) is 0 Å². The number of aromatic hydroxyl groups is 1. The molecule has 16 nitrogen and oxygen atoms in total. The summed E-state index contributed by atoms with van der Waals surface area (Å²) in [6.45, 7) is 4.49. The summed E-state index contributed by atoms with van der Waals surface area (Å²) in [5.74, 6) is 9.47. The molecule has 0 saturated carbocycles. The van der Waals surface area contributed by atoms with Crippen molar-refractivity contribution >= 4 is 35.1 Å². The number of carbonyl (C=O) groups is 3. The molecule has 60 heavy (non-hydrogen) atoms. The van der Waals surface area contributed by atoms with Crippen LogP contribution in [-0.4, -0.2) is 120 Å². The number of rotatable bonds is 6. The second kappa shape index (κ2) is 16.5. The Morgan fingerprint density at radius 2 is 1.87 bits per heavy atom. The molecule has 4 aliphatic heterocycles. The third kappa shape index (κ3) is 8.03. The summed E-state index contributed by atoms with van der Waals surface area (Å²) in [7, 11) is 4.90. The van der Waals surface area contributed by atoms with Gasteiger partial charge in [0.25, 0.3) is 5.91 Å². The first-order chi connectivity index (χ1) is 28.4. The Hall–Kier alpha value is -5.56. The highest BCUT2D eigenvalue weighted by atomic mass is 35.5. The number of fused-ring (bicyclic) bond motifs is 9. The number of esters is 2. The Balaban J connectivity index is 1.33. The lowest BCUT2D eigenvalue weighted by molar-refractivity contribution is -0.329. The van der Waals surface area contributed by atoms with E-state index < -0.39 is 90.3 Å². The van der Waals surface area contributed by atoms with Crippen molar-refractivity contribution in [3.63, 3.8) is 0 Å². The fourth-order valence-electron chi connectivity index (χ4n) is 7.73. The summed E-state index contributed by atoms with van der Waals surface area (Å²) in [4.78, 5) is 41.7. The highest BCUT2D eigenvalue weighted by Crippen LogP contribution is 2.44. The van der Waals surface area contributed by atoms with Crippen LogP contribution in [0.4, 0.5) is 5.69 Å². The molecule has 4 heterocycles. The minimum Gasteiger partial charge on any atom is -0.504 e. The van der Waals surface area contributed by atoms with Crippen molar-refractivity contribution < 1.29 is 62.9 Å². The standard InChI is InChI=1S/C43H44ClN3O13/c1-21-39(52)46-34-26(17-25(54-6)18-30(34)56-21)40(53)57-31-20-55-33(49)19-28(45)23-15-27(44)37(29(48)16-23)58-32-11-7-9-22(31)12-13-24-10-8-14-43(24,32)60-41-36(51)35(50)38(47(4)5)42(2,3)59-41/h8-10,14-18,21,28,31-32,35-36,38,41,48,50-51H,19-20,45H2,1-6H3,(H,46,52)/t21-,28-,31-,32-,35+,36+,38-,41-,43-/m0/s1. The maximum absolute atomic E-state index is 14.1. The van der Waals surface area contributed by atoms with Gasteiger partial charge in [0.05, 0.1) is 47.0 Å². The lowest BCUT2D eigenvalue weighted by atomic mass is 9.85. The van der Waals surface area contributed by atoms with Gasteiger partial charge in [-0.1, -0.05) is 35.4 Å². The first-order valence-electron chi connectivity index (χ1n) is 18.9. The number of ether oxygens (including phenoxy) is 7. The average molecular weight is 846 g/mol. The van der Waals surface area contributed by atoms with Crippen molar-refractivity contribution in [2.24, 2.45) is 5.73 Å². The van der Waals surface area contributed by atoms with Crippen molar-refractivity contribution in [2.45, 2.75) is 87.3 Å². The number of carbonyl (C=O) groups excluding carboxylic acids is 3. The number of hydrogen-bond donors (Lipinski definition) is 5. The number of anilines is 1. The molecule has 4 bridgehead atoms. The van der Waals surface area contributed by atoms with Crippen molar-refractivity contribution in [1.29, 1.82) is 0 Å². The van der Waals surface area contributed by atoms with Crippen LogP contribution in [0.25, 0.3) is 0 Å². The SMILES string of the molecule is COc1cc2c(c(C(=O)O[C@H]3COC(=O)C[C@H](N)c4cc(O)c(c(Cl)c4)O[C@H]4C#CC=C3C#CC3=CC=C[C@]34O[C@@H]3OC(C)(C)[C@@H](N(C)C)[C@H](O)[C@H]3O)c1)NC(=O)[C@H](C)O2. The number of halogens is 1. The Bertz CT molecular complexity index is 2310. The molecule has 0 spiro atoms. The van der Waals surface area contributed by atoms with E-state index in [1.165, 1.54) is 37.5 Å². The van der Waals surface area contributed by atoms with Crippen LogP contribution in [0, 0.1) is 23.7 Å². The van der Waals surface area contributed by atoms with Crippen molar-refractivity contribution in [2.75, 3.05) is 33.1 Å². The van der Waals surface area contributed by atoms with E-state index in [4.69, 9.17) is 50.5 Å². The van der Waals surface area contributed by atoms with Crippen LogP contribution in [0.15, 0.2) is 59.7 Å². The van der Waals surface area contributed by atoms with Crippen LogP contribution in [0.5, 0.6) is 23.0 Å². The van der Waals surface area contributed by atoms with Gasteiger partial charge in [-0.05, 0) is 76.7 Å². The van der Waals surface area contributed by atoms with E-state index in [-0.39, 0.29) is 56.7 Å². The summed E-state index contributed by atoms with van der Waals surface area (Å²) in [6.07, 6.45) is -2.24. The number of benzene rings is 2. The minimum absolute atomic E-state index is 0.0448. The highest BCUT2D eigenvalue weighted by Gasteiger charge is 2.55. The van der Waals surface area contributed by atoms with E-state index in [0.29, 0.717) is 0 Å². The van der Waals surface area contributed by atoms with E-state index in [9.17, 15) is 29.7 Å². The fourth-order valence-corrected chi connectivity index (χ4v) is 8.00. The number of hydrogen-bond acceptors (Lipinski definition) is 15. The Morgan fingerprint density at radius 3 is 2.58 bits per heavy atom. The molecule has 17 heteroatoms. The number of nitrogens with one attached hydrogen (secondary N) is 1. The molecule has 6 N–H and O–H groups in total. The van der Waals surface area contributed by atoms with Crippen LogP contribution in [0.2, 0.25) is 5.02 Å². The van der Waals surface area contributed by atoms with Crippen molar-refractivity contribution in [1.82, 2.24) is 4.90 Å². The Morgan fingerprint density at radius 1 is 1.10 bits per heavy atom. The normalized spacial score (nSPS) is 30.2. The molecule has 1 fully saturated rings.